The van der Waals surface area contributed by atoms with Crippen LogP contribution in [-0.2, 0) is 9.84 Å². The fourth-order valence-corrected chi connectivity index (χ4v) is 5.39. The van der Waals surface area contributed by atoms with Crippen LogP contribution in [0.2, 0.25) is 0 Å². The van der Waals surface area contributed by atoms with Crippen LogP contribution in [0.1, 0.15) is 24.2 Å². The summed E-state index contributed by atoms with van der Waals surface area (Å²) in [6.07, 6.45) is 1.06. The molecule has 12 nitrogen and oxygen atoms in total. The third kappa shape index (κ3) is 6.32. The van der Waals surface area contributed by atoms with Gasteiger partial charge in [0, 0.05) is 31.5 Å². The van der Waals surface area contributed by atoms with Crippen molar-refractivity contribution in [3.8, 4) is 0 Å². The number of non-ortho nitro benzene ring substituents is 2. The molecule has 3 rings (SSSR count). The van der Waals surface area contributed by atoms with E-state index in [9.17, 15) is 33.4 Å². The van der Waals surface area contributed by atoms with Crippen LogP contribution in [0.3, 0.4) is 0 Å². The van der Waals surface area contributed by atoms with E-state index in [1.165, 1.54) is 11.0 Å². The van der Waals surface area contributed by atoms with E-state index in [2.05, 4.69) is 4.98 Å². The van der Waals surface area contributed by atoms with Crippen LogP contribution in [0.4, 0.5) is 16.5 Å². The van der Waals surface area contributed by atoms with Crippen molar-refractivity contribution in [2.75, 3.05) is 37.3 Å². The van der Waals surface area contributed by atoms with Gasteiger partial charge in [-0.05, 0) is 25.2 Å². The molecule has 15 heteroatoms. The molecule has 0 radical (unpaired) electrons. The number of para-hydroxylation sites is 1. The number of amides is 1. The number of hydrogen-bond acceptors (Lipinski definition) is 10. The van der Waals surface area contributed by atoms with Gasteiger partial charge in [0.05, 0.1) is 31.1 Å². The number of carbonyl (C=O) groups is 1. The van der Waals surface area contributed by atoms with Crippen molar-refractivity contribution in [1.29, 1.82) is 0 Å². The predicted molar refractivity (Wildman–Crippen MR) is 139 cm³/mol. The third-order valence-electron chi connectivity index (χ3n) is 5.35. The van der Waals surface area contributed by atoms with Crippen LogP contribution in [0.15, 0.2) is 41.3 Å². The predicted octanol–water partition coefficient (Wildman–Crippen LogP) is 3.93. The van der Waals surface area contributed by atoms with Gasteiger partial charge in [-0.25, -0.2) is 13.4 Å². The van der Waals surface area contributed by atoms with E-state index in [1.54, 1.807) is 12.1 Å². The van der Waals surface area contributed by atoms with Crippen LogP contribution in [-0.4, -0.2) is 66.5 Å². The number of aromatic nitrogens is 1. The molecule has 0 bridgehead atoms. The van der Waals surface area contributed by atoms with E-state index in [0.717, 1.165) is 35.8 Å². The monoisotopic (exact) mass is 557 g/mol. The molecule has 0 N–H and O–H groups in total. The van der Waals surface area contributed by atoms with Crippen LogP contribution < -0.4 is 4.90 Å². The van der Waals surface area contributed by atoms with Crippen molar-refractivity contribution >= 4 is 66.2 Å². The van der Waals surface area contributed by atoms with Gasteiger partial charge in [0.15, 0.2) is 15.0 Å². The molecule has 36 heavy (non-hydrogen) atoms. The second-order valence-electron chi connectivity index (χ2n) is 7.61. The summed E-state index contributed by atoms with van der Waals surface area (Å²) >= 11 is 1.09. The zero-order valence-electron chi connectivity index (χ0n) is 19.6. The first-order valence-electron chi connectivity index (χ1n) is 10.5. The van der Waals surface area contributed by atoms with Crippen molar-refractivity contribution in [1.82, 2.24) is 9.88 Å². The molecule has 0 aliphatic rings. The lowest BCUT2D eigenvalue weighted by Crippen LogP contribution is -2.39. The Kier molecular flexibility index (Phi) is 9.43. The van der Waals surface area contributed by atoms with Gasteiger partial charge in [0.1, 0.15) is 5.52 Å². The van der Waals surface area contributed by atoms with E-state index >= 15 is 0 Å². The molecule has 0 spiro atoms. The summed E-state index contributed by atoms with van der Waals surface area (Å²) in [6.45, 7) is 5.89. The number of likely N-dealkylation sites (N-methyl/N-ethyl adjacent to an activating group) is 1. The Morgan fingerprint density at radius 3 is 2.11 bits per heavy atom. The Bertz CT molecular complexity index is 1370. The first-order chi connectivity index (χ1) is 16.5. The fraction of sp³-hybridized carbons (Fsp3) is 0.333. The number of rotatable bonds is 10. The molecule has 1 amide bonds. The maximum atomic E-state index is 13.6. The van der Waals surface area contributed by atoms with Gasteiger partial charge in [0.2, 0.25) is 0 Å². The van der Waals surface area contributed by atoms with Gasteiger partial charge in [0.25, 0.3) is 17.3 Å². The van der Waals surface area contributed by atoms with E-state index in [-0.39, 0.29) is 40.1 Å². The number of carbonyl (C=O) groups excluding carboxylic acids is 1. The molecule has 194 valence electrons. The van der Waals surface area contributed by atoms with Gasteiger partial charge < -0.3 is 4.90 Å². The number of nitro groups is 2. The number of fused-ring (bicyclic) bond motifs is 1. The highest BCUT2D eigenvalue weighted by molar-refractivity contribution is 7.91. The summed E-state index contributed by atoms with van der Waals surface area (Å²) in [4.78, 5) is 42.3. The topological polar surface area (TPSA) is 157 Å². The van der Waals surface area contributed by atoms with Crippen molar-refractivity contribution in [2.45, 2.75) is 18.7 Å². The molecule has 0 unspecified atom stereocenters. The van der Waals surface area contributed by atoms with Gasteiger partial charge in [-0.15, -0.1) is 12.4 Å². The second-order valence-corrected chi connectivity index (χ2v) is 10.6. The van der Waals surface area contributed by atoms with Crippen molar-refractivity contribution in [3.05, 3.63) is 62.2 Å². The smallest absolute Gasteiger partial charge is 0.277 e. The number of nitrogens with zero attached hydrogens (tertiary/aromatic N) is 5. The minimum absolute atomic E-state index is 0. The molecular weight excluding hydrogens is 534 g/mol. The normalized spacial score (nSPS) is 11.3. The van der Waals surface area contributed by atoms with Gasteiger partial charge in [-0.2, -0.15) is 0 Å². The van der Waals surface area contributed by atoms with E-state index in [0.29, 0.717) is 24.3 Å². The fourth-order valence-electron chi connectivity index (χ4n) is 3.48. The Morgan fingerprint density at radius 2 is 1.61 bits per heavy atom. The molecule has 0 fully saturated rings. The Morgan fingerprint density at radius 1 is 1.03 bits per heavy atom. The largest absolute Gasteiger partial charge is 0.302 e. The summed E-state index contributed by atoms with van der Waals surface area (Å²) in [6, 6.07) is 7.42. The van der Waals surface area contributed by atoms with Crippen LogP contribution in [0.25, 0.3) is 10.2 Å². The maximum Gasteiger partial charge on any atom is 0.277 e. The quantitative estimate of drug-likeness (QED) is 0.266. The lowest BCUT2D eigenvalue weighted by atomic mass is 10.1. The minimum Gasteiger partial charge on any atom is -0.302 e. The minimum atomic E-state index is -3.60. The summed E-state index contributed by atoms with van der Waals surface area (Å²) < 4.78 is 25.0. The summed E-state index contributed by atoms with van der Waals surface area (Å²) in [7, 11) is -3.60. The Hall–Kier alpha value is -3.20. The highest BCUT2D eigenvalue weighted by Crippen LogP contribution is 2.34. The molecule has 0 aliphatic heterocycles. The van der Waals surface area contributed by atoms with Crippen LogP contribution in [0.5, 0.6) is 0 Å². The molecule has 1 heterocycles. The average Bonchev–Trinajstić information content (AvgIpc) is 3.24. The maximum absolute atomic E-state index is 13.6. The first-order valence-corrected chi connectivity index (χ1v) is 13.2. The molecule has 3 aromatic rings. The number of hydrogen-bond donors (Lipinski definition) is 0. The molecule has 0 aliphatic carbocycles. The van der Waals surface area contributed by atoms with Gasteiger partial charge in [-0.1, -0.05) is 31.3 Å². The third-order valence-corrected chi connectivity index (χ3v) is 7.52. The van der Waals surface area contributed by atoms with Crippen molar-refractivity contribution in [2.24, 2.45) is 0 Å². The van der Waals surface area contributed by atoms with E-state index in [4.69, 9.17) is 0 Å². The average molecular weight is 558 g/mol. The summed E-state index contributed by atoms with van der Waals surface area (Å²) in [5, 5.41) is 22.8. The standard InChI is InChI=1S/C21H23N5O7S2.ClH/c1-4-23(5-2)9-10-24(20(27)14-11-15(25(28)29)13-16(12-14)26(30)31)21-22-19-17(34-21)7-6-8-18(19)35(3,32)33;/h6-8,11-13H,4-5,9-10H2,1-3H3;1H. The number of thiazole rings is 1. The van der Waals surface area contributed by atoms with Crippen molar-refractivity contribution < 1.29 is 23.1 Å². The van der Waals surface area contributed by atoms with Gasteiger partial charge >= 0.3 is 0 Å². The number of anilines is 1. The number of benzene rings is 2. The Labute approximate surface area is 217 Å². The molecule has 0 saturated heterocycles. The number of sulfone groups is 1. The Balaban J connectivity index is 0.00000456. The molecule has 0 saturated carbocycles. The molecule has 0 atom stereocenters. The lowest BCUT2D eigenvalue weighted by molar-refractivity contribution is -0.394. The zero-order valence-corrected chi connectivity index (χ0v) is 22.1. The van der Waals surface area contributed by atoms with Crippen LogP contribution >= 0.6 is 23.7 Å². The number of nitro benzene ring substituents is 2. The first kappa shape index (κ1) is 29.0. The zero-order chi connectivity index (χ0) is 25.9. The van der Waals surface area contributed by atoms with E-state index < -0.39 is 37.0 Å². The lowest BCUT2D eigenvalue weighted by Gasteiger charge is -2.24. The van der Waals surface area contributed by atoms with Crippen LogP contribution in [0, 0.1) is 20.2 Å². The second kappa shape index (κ2) is 11.7. The van der Waals surface area contributed by atoms with Gasteiger partial charge in [-0.3, -0.25) is 29.9 Å². The van der Waals surface area contributed by atoms with Crippen molar-refractivity contribution in [3.63, 3.8) is 0 Å². The summed E-state index contributed by atoms with van der Waals surface area (Å²) in [5.41, 5.74) is -1.21. The molecule has 1 aromatic heterocycles. The SMILES string of the molecule is CCN(CC)CCN(C(=O)c1cc([N+](=O)[O-])cc([N+](=O)[O-])c1)c1nc2c(S(C)(=O)=O)cccc2s1.Cl. The molecular formula is C21H24ClN5O7S2. The number of halogens is 1. The summed E-state index contributed by atoms with van der Waals surface area (Å²) in [5.74, 6) is -0.719. The van der Waals surface area contributed by atoms with E-state index in [1.807, 2.05) is 18.7 Å². The highest BCUT2D eigenvalue weighted by atomic mass is 35.5. The highest BCUT2D eigenvalue weighted by Gasteiger charge is 2.27. The molecule has 2 aromatic carbocycles.